The molecule has 1 aromatic rings. The molecule has 1 heterocycles. The summed E-state index contributed by atoms with van der Waals surface area (Å²) in [6, 6.07) is 4.17. The third-order valence-electron chi connectivity index (χ3n) is 3.92. The number of rotatable bonds is 3. The Kier molecular flexibility index (Phi) is 4.60. The number of aryl methyl sites for hydroxylation is 1. The van der Waals surface area contributed by atoms with Gasteiger partial charge in [0.2, 0.25) is 10.0 Å². The highest BCUT2D eigenvalue weighted by molar-refractivity contribution is 7.89. The molecule has 0 amide bonds. The molecule has 2 atom stereocenters. The van der Waals surface area contributed by atoms with Crippen molar-refractivity contribution in [3.8, 4) is 0 Å². The number of carboxylic acid groups (broad SMARTS) is 1. The SMILES string of the molecule is Cc1ccc(S(=O)(=O)N2CCC[C@@H](C(=O)O)[C@H]2C)c(Cl)c1. The summed E-state index contributed by atoms with van der Waals surface area (Å²) in [6.45, 7) is 3.78. The third-order valence-corrected chi connectivity index (χ3v) is 6.39. The largest absolute Gasteiger partial charge is 0.481 e. The predicted molar refractivity (Wildman–Crippen MR) is 79.9 cm³/mol. The van der Waals surface area contributed by atoms with Gasteiger partial charge in [-0.1, -0.05) is 17.7 Å². The summed E-state index contributed by atoms with van der Waals surface area (Å²) in [5.41, 5.74) is 0.869. The van der Waals surface area contributed by atoms with Crippen LogP contribution in [-0.4, -0.2) is 36.4 Å². The summed E-state index contributed by atoms with van der Waals surface area (Å²) in [7, 11) is -3.79. The van der Waals surface area contributed by atoms with E-state index in [1.807, 2.05) is 6.92 Å². The van der Waals surface area contributed by atoms with Crippen molar-refractivity contribution in [2.75, 3.05) is 6.54 Å². The molecular weight excluding hydrogens is 314 g/mol. The van der Waals surface area contributed by atoms with E-state index in [1.54, 1.807) is 19.1 Å². The quantitative estimate of drug-likeness (QED) is 0.923. The molecule has 1 fully saturated rings. The minimum absolute atomic E-state index is 0.0349. The standard InChI is InChI=1S/C14H18ClNO4S/c1-9-5-6-13(12(15)8-9)21(19,20)16-7-3-4-11(10(16)2)14(17)18/h5-6,8,10-11H,3-4,7H2,1-2H3,(H,17,18)/t10-,11-/m1/s1. The number of halogens is 1. The van der Waals surface area contributed by atoms with Crippen LogP contribution in [0, 0.1) is 12.8 Å². The molecule has 7 heteroatoms. The lowest BCUT2D eigenvalue weighted by atomic mass is 9.92. The molecule has 1 saturated heterocycles. The predicted octanol–water partition coefficient (Wildman–Crippen LogP) is 2.52. The van der Waals surface area contributed by atoms with Gasteiger partial charge in [-0.25, -0.2) is 8.42 Å². The highest BCUT2D eigenvalue weighted by Gasteiger charge is 2.40. The molecule has 1 N–H and O–H groups in total. The van der Waals surface area contributed by atoms with Gasteiger partial charge in [0.1, 0.15) is 4.90 Å². The Bertz CT molecular complexity index is 659. The summed E-state index contributed by atoms with van der Waals surface area (Å²) in [5.74, 6) is -1.64. The van der Waals surface area contributed by atoms with Crippen LogP contribution in [0.25, 0.3) is 0 Å². The monoisotopic (exact) mass is 331 g/mol. The Morgan fingerprint density at radius 2 is 2.10 bits per heavy atom. The molecule has 0 aliphatic carbocycles. The second-order valence-electron chi connectivity index (χ2n) is 5.38. The van der Waals surface area contributed by atoms with Crippen LogP contribution in [0.5, 0.6) is 0 Å². The van der Waals surface area contributed by atoms with Gasteiger partial charge in [0.25, 0.3) is 0 Å². The Morgan fingerprint density at radius 3 is 2.67 bits per heavy atom. The number of hydrogen-bond acceptors (Lipinski definition) is 3. The molecule has 0 unspecified atom stereocenters. The van der Waals surface area contributed by atoms with Crippen LogP contribution in [-0.2, 0) is 14.8 Å². The van der Waals surface area contributed by atoms with E-state index in [0.717, 1.165) is 5.56 Å². The van der Waals surface area contributed by atoms with E-state index in [1.165, 1.54) is 10.4 Å². The van der Waals surface area contributed by atoms with Crippen LogP contribution in [0.2, 0.25) is 5.02 Å². The Hall–Kier alpha value is -1.11. The molecule has 1 aliphatic heterocycles. The zero-order valence-corrected chi connectivity index (χ0v) is 13.5. The number of carbonyl (C=O) groups is 1. The fourth-order valence-electron chi connectivity index (χ4n) is 2.72. The van der Waals surface area contributed by atoms with Crippen molar-refractivity contribution in [1.29, 1.82) is 0 Å². The van der Waals surface area contributed by atoms with Crippen molar-refractivity contribution in [2.24, 2.45) is 5.92 Å². The van der Waals surface area contributed by atoms with Gasteiger partial charge >= 0.3 is 5.97 Å². The third kappa shape index (κ3) is 3.07. The summed E-state index contributed by atoms with van der Waals surface area (Å²) < 4.78 is 26.7. The number of hydrogen-bond donors (Lipinski definition) is 1. The molecule has 0 aromatic heterocycles. The molecular formula is C14H18ClNO4S. The maximum Gasteiger partial charge on any atom is 0.308 e. The summed E-state index contributed by atoms with van der Waals surface area (Å²) in [4.78, 5) is 11.3. The summed E-state index contributed by atoms with van der Waals surface area (Å²) in [6.07, 6.45) is 1.02. The van der Waals surface area contributed by atoms with Crippen molar-refractivity contribution in [3.05, 3.63) is 28.8 Å². The number of piperidine rings is 1. The van der Waals surface area contributed by atoms with Crippen LogP contribution in [0.4, 0.5) is 0 Å². The molecule has 1 aliphatic rings. The molecule has 0 bridgehead atoms. The van der Waals surface area contributed by atoms with E-state index < -0.39 is 28.0 Å². The van der Waals surface area contributed by atoms with Gasteiger partial charge in [0.05, 0.1) is 10.9 Å². The molecule has 0 spiro atoms. The number of sulfonamides is 1. The minimum atomic E-state index is -3.79. The fourth-order valence-corrected chi connectivity index (χ4v) is 5.00. The maximum atomic E-state index is 12.7. The zero-order chi connectivity index (χ0) is 15.8. The van der Waals surface area contributed by atoms with E-state index in [0.29, 0.717) is 19.4 Å². The summed E-state index contributed by atoms with van der Waals surface area (Å²) in [5, 5.41) is 9.37. The van der Waals surface area contributed by atoms with Crippen molar-refractivity contribution >= 4 is 27.6 Å². The number of aliphatic carboxylic acids is 1. The Labute approximate surface area is 129 Å². The van der Waals surface area contributed by atoms with E-state index in [2.05, 4.69) is 0 Å². The molecule has 2 rings (SSSR count). The van der Waals surface area contributed by atoms with Crippen LogP contribution in [0.15, 0.2) is 23.1 Å². The lowest BCUT2D eigenvalue weighted by molar-refractivity contribution is -0.144. The van der Waals surface area contributed by atoms with Gasteiger partial charge in [-0.15, -0.1) is 0 Å². The molecule has 0 radical (unpaired) electrons. The van der Waals surface area contributed by atoms with Crippen molar-refractivity contribution in [2.45, 2.75) is 37.6 Å². The van der Waals surface area contributed by atoms with E-state index in [4.69, 9.17) is 11.6 Å². The average Bonchev–Trinajstić information content (AvgIpc) is 2.37. The van der Waals surface area contributed by atoms with Crippen molar-refractivity contribution in [1.82, 2.24) is 4.31 Å². The smallest absolute Gasteiger partial charge is 0.308 e. The van der Waals surface area contributed by atoms with Crippen LogP contribution in [0.3, 0.4) is 0 Å². The second kappa shape index (κ2) is 5.94. The van der Waals surface area contributed by atoms with E-state index >= 15 is 0 Å². The van der Waals surface area contributed by atoms with Gasteiger partial charge in [-0.05, 0) is 44.4 Å². The maximum absolute atomic E-state index is 12.7. The lowest BCUT2D eigenvalue weighted by Crippen LogP contribution is -2.49. The molecule has 116 valence electrons. The van der Waals surface area contributed by atoms with Crippen molar-refractivity contribution < 1.29 is 18.3 Å². The first-order chi connectivity index (χ1) is 9.75. The van der Waals surface area contributed by atoms with Crippen LogP contribution < -0.4 is 0 Å². The van der Waals surface area contributed by atoms with Gasteiger partial charge < -0.3 is 5.11 Å². The van der Waals surface area contributed by atoms with Gasteiger partial charge in [0, 0.05) is 12.6 Å². The first-order valence-corrected chi connectivity index (χ1v) is 8.57. The van der Waals surface area contributed by atoms with Crippen LogP contribution in [0.1, 0.15) is 25.3 Å². The van der Waals surface area contributed by atoms with Gasteiger partial charge in [0.15, 0.2) is 0 Å². The zero-order valence-electron chi connectivity index (χ0n) is 11.9. The Morgan fingerprint density at radius 1 is 1.43 bits per heavy atom. The molecule has 21 heavy (non-hydrogen) atoms. The van der Waals surface area contributed by atoms with Crippen molar-refractivity contribution in [3.63, 3.8) is 0 Å². The van der Waals surface area contributed by atoms with Crippen LogP contribution >= 0.6 is 11.6 Å². The van der Waals surface area contributed by atoms with Gasteiger partial charge in [-0.3, -0.25) is 4.79 Å². The average molecular weight is 332 g/mol. The highest BCUT2D eigenvalue weighted by Crippen LogP contribution is 2.32. The summed E-state index contributed by atoms with van der Waals surface area (Å²) >= 11 is 6.06. The first kappa shape index (κ1) is 16.3. The number of nitrogens with zero attached hydrogens (tertiary/aromatic N) is 1. The Balaban J connectivity index is 2.41. The topological polar surface area (TPSA) is 74.7 Å². The fraction of sp³-hybridized carbons (Fsp3) is 0.500. The normalized spacial score (nSPS) is 24.0. The van der Waals surface area contributed by atoms with Gasteiger partial charge in [-0.2, -0.15) is 4.31 Å². The molecule has 0 saturated carbocycles. The number of benzene rings is 1. The van der Waals surface area contributed by atoms with E-state index in [-0.39, 0.29) is 9.92 Å². The minimum Gasteiger partial charge on any atom is -0.481 e. The number of carboxylic acids is 1. The second-order valence-corrected chi connectivity index (χ2v) is 7.64. The lowest BCUT2D eigenvalue weighted by Gasteiger charge is -2.36. The molecule has 5 nitrogen and oxygen atoms in total. The first-order valence-electron chi connectivity index (χ1n) is 6.76. The highest BCUT2D eigenvalue weighted by atomic mass is 35.5. The van der Waals surface area contributed by atoms with E-state index in [9.17, 15) is 18.3 Å². The molecule has 1 aromatic carbocycles.